The van der Waals surface area contributed by atoms with E-state index in [1.54, 1.807) is 12.1 Å². The van der Waals surface area contributed by atoms with Gasteiger partial charge in [0, 0.05) is 0 Å². The van der Waals surface area contributed by atoms with E-state index in [1.165, 1.54) is 25.2 Å². The second-order valence-electron chi connectivity index (χ2n) is 3.49. The van der Waals surface area contributed by atoms with E-state index < -0.39 is 17.3 Å². The van der Waals surface area contributed by atoms with Crippen molar-refractivity contribution >= 4 is 39.8 Å². The van der Waals surface area contributed by atoms with E-state index in [2.05, 4.69) is 5.32 Å². The third kappa shape index (κ3) is 2.70. The number of anilines is 1. The van der Waals surface area contributed by atoms with Crippen molar-refractivity contribution in [3.05, 3.63) is 16.5 Å². The van der Waals surface area contributed by atoms with Gasteiger partial charge in [-0.2, -0.15) is 0 Å². The molecule has 15 heavy (non-hydrogen) atoms. The summed E-state index contributed by atoms with van der Waals surface area (Å²) >= 11 is 6.86. The lowest BCUT2D eigenvalue weighted by atomic mass is 9.93. The van der Waals surface area contributed by atoms with Crippen LogP contribution in [0.4, 0.5) is 5.00 Å². The molecule has 4 nitrogen and oxygen atoms in total. The van der Waals surface area contributed by atoms with Gasteiger partial charge in [0.15, 0.2) is 0 Å². The highest BCUT2D eigenvalue weighted by Gasteiger charge is 2.36. The van der Waals surface area contributed by atoms with Gasteiger partial charge >= 0.3 is 5.97 Å². The van der Waals surface area contributed by atoms with E-state index in [-0.39, 0.29) is 0 Å². The molecule has 0 saturated carbocycles. The second kappa shape index (κ2) is 4.20. The Kier molecular flexibility index (Phi) is 3.36. The summed E-state index contributed by atoms with van der Waals surface area (Å²) in [7, 11) is 0. The molecule has 0 aromatic carbocycles. The maximum absolute atomic E-state index is 11.6. The average molecular weight is 248 g/mol. The fourth-order valence-electron chi connectivity index (χ4n) is 0.747. The van der Waals surface area contributed by atoms with Crippen LogP contribution >= 0.6 is 22.9 Å². The molecule has 2 N–H and O–H groups in total. The number of halogens is 1. The Morgan fingerprint density at radius 1 is 1.47 bits per heavy atom. The highest BCUT2D eigenvalue weighted by Crippen LogP contribution is 2.27. The maximum Gasteiger partial charge on any atom is 0.318 e. The summed E-state index contributed by atoms with van der Waals surface area (Å²) in [5.74, 6) is -1.73. The van der Waals surface area contributed by atoms with Gasteiger partial charge in [0.1, 0.15) is 5.41 Å². The quantitative estimate of drug-likeness (QED) is 0.807. The monoisotopic (exact) mass is 247 g/mol. The number of hydrogen-bond acceptors (Lipinski definition) is 3. The lowest BCUT2D eigenvalue weighted by molar-refractivity contribution is -0.151. The molecule has 1 rings (SSSR count). The summed E-state index contributed by atoms with van der Waals surface area (Å²) in [6.45, 7) is 2.69. The third-order valence-electron chi connectivity index (χ3n) is 1.91. The van der Waals surface area contributed by atoms with Crippen molar-refractivity contribution in [2.24, 2.45) is 5.41 Å². The fourth-order valence-corrected chi connectivity index (χ4v) is 1.69. The molecule has 0 radical (unpaired) electrons. The number of aliphatic carboxylic acids is 1. The van der Waals surface area contributed by atoms with Gasteiger partial charge in [-0.3, -0.25) is 9.59 Å². The van der Waals surface area contributed by atoms with Crippen molar-refractivity contribution in [3.8, 4) is 0 Å². The maximum atomic E-state index is 11.6. The number of carbonyl (C=O) groups is 2. The molecule has 1 aromatic rings. The number of thiophene rings is 1. The van der Waals surface area contributed by atoms with Crippen LogP contribution in [0, 0.1) is 5.41 Å². The van der Waals surface area contributed by atoms with Crippen LogP contribution in [0.25, 0.3) is 0 Å². The van der Waals surface area contributed by atoms with Crippen LogP contribution in [-0.4, -0.2) is 17.0 Å². The van der Waals surface area contributed by atoms with Crippen LogP contribution in [0.15, 0.2) is 12.1 Å². The zero-order valence-corrected chi connectivity index (χ0v) is 9.78. The first-order valence-electron chi connectivity index (χ1n) is 4.14. The van der Waals surface area contributed by atoms with Crippen LogP contribution in [0.3, 0.4) is 0 Å². The zero-order valence-electron chi connectivity index (χ0n) is 8.20. The molecule has 0 aliphatic rings. The predicted molar refractivity (Wildman–Crippen MR) is 59.4 cm³/mol. The Hall–Kier alpha value is -1.07. The Morgan fingerprint density at radius 2 is 2.07 bits per heavy atom. The van der Waals surface area contributed by atoms with Crippen molar-refractivity contribution in [2.75, 3.05) is 5.32 Å². The van der Waals surface area contributed by atoms with Crippen LogP contribution in [0.1, 0.15) is 13.8 Å². The molecule has 1 aromatic heterocycles. The summed E-state index contributed by atoms with van der Waals surface area (Å²) in [5.41, 5.74) is -1.45. The first-order valence-corrected chi connectivity index (χ1v) is 5.33. The molecule has 6 heteroatoms. The number of carbonyl (C=O) groups excluding carboxylic acids is 1. The van der Waals surface area contributed by atoms with E-state index in [0.717, 1.165) is 0 Å². The first kappa shape index (κ1) is 12.0. The van der Waals surface area contributed by atoms with E-state index in [9.17, 15) is 9.59 Å². The lowest BCUT2D eigenvalue weighted by Crippen LogP contribution is -2.37. The largest absolute Gasteiger partial charge is 0.480 e. The molecule has 0 bridgehead atoms. The van der Waals surface area contributed by atoms with E-state index >= 15 is 0 Å². The van der Waals surface area contributed by atoms with Crippen LogP contribution < -0.4 is 5.32 Å². The zero-order chi connectivity index (χ0) is 11.6. The Morgan fingerprint density at radius 3 is 2.47 bits per heavy atom. The molecule has 0 saturated heterocycles. The summed E-state index contributed by atoms with van der Waals surface area (Å²) in [4.78, 5) is 22.3. The van der Waals surface area contributed by atoms with Gasteiger partial charge in [-0.25, -0.2) is 0 Å². The SMILES string of the molecule is CC(C)(C(=O)O)C(=O)Nc1ccc(Cl)s1. The van der Waals surface area contributed by atoms with Crippen LogP contribution in [0.5, 0.6) is 0 Å². The third-order valence-corrected chi connectivity index (χ3v) is 3.06. The number of rotatable bonds is 3. The van der Waals surface area contributed by atoms with Gasteiger partial charge in [-0.05, 0) is 26.0 Å². The number of amides is 1. The lowest BCUT2D eigenvalue weighted by Gasteiger charge is -2.17. The molecule has 1 heterocycles. The molecule has 0 atom stereocenters. The van der Waals surface area contributed by atoms with Gasteiger partial charge < -0.3 is 10.4 Å². The molecular weight excluding hydrogens is 238 g/mol. The topological polar surface area (TPSA) is 66.4 Å². The van der Waals surface area contributed by atoms with Crippen molar-refractivity contribution < 1.29 is 14.7 Å². The number of hydrogen-bond donors (Lipinski definition) is 2. The van der Waals surface area contributed by atoms with Gasteiger partial charge in [0.05, 0.1) is 9.34 Å². The van der Waals surface area contributed by atoms with Gasteiger partial charge in [0.25, 0.3) is 0 Å². The normalized spacial score (nSPS) is 11.1. The molecule has 0 aliphatic carbocycles. The molecule has 82 valence electrons. The fraction of sp³-hybridized carbons (Fsp3) is 0.333. The number of carboxylic acid groups (broad SMARTS) is 1. The Bertz CT molecular complexity index is 400. The minimum Gasteiger partial charge on any atom is -0.480 e. The first-order chi connectivity index (χ1) is 6.84. The van der Waals surface area contributed by atoms with Gasteiger partial charge in [-0.1, -0.05) is 11.6 Å². The Labute approximate surface area is 95.9 Å². The second-order valence-corrected chi connectivity index (χ2v) is 5.20. The van der Waals surface area contributed by atoms with Gasteiger partial charge in [-0.15, -0.1) is 11.3 Å². The predicted octanol–water partition coefficient (Wildman–Crippen LogP) is 2.45. The molecule has 0 unspecified atom stereocenters. The summed E-state index contributed by atoms with van der Waals surface area (Å²) < 4.78 is 0.540. The average Bonchev–Trinajstić information content (AvgIpc) is 2.50. The minimum atomic E-state index is -1.45. The highest BCUT2D eigenvalue weighted by molar-refractivity contribution is 7.20. The van der Waals surface area contributed by atoms with E-state index in [0.29, 0.717) is 9.34 Å². The summed E-state index contributed by atoms with van der Waals surface area (Å²) in [5, 5.41) is 11.9. The number of carboxylic acids is 1. The summed E-state index contributed by atoms with van der Waals surface area (Å²) in [6.07, 6.45) is 0. The van der Waals surface area contributed by atoms with Crippen molar-refractivity contribution in [2.45, 2.75) is 13.8 Å². The summed E-state index contributed by atoms with van der Waals surface area (Å²) in [6, 6.07) is 3.26. The van der Waals surface area contributed by atoms with E-state index in [4.69, 9.17) is 16.7 Å². The van der Waals surface area contributed by atoms with Crippen LogP contribution in [-0.2, 0) is 9.59 Å². The molecule has 0 fully saturated rings. The minimum absolute atomic E-state index is 0.540. The van der Waals surface area contributed by atoms with Crippen molar-refractivity contribution in [1.29, 1.82) is 0 Å². The molecular formula is C9H10ClNO3S. The molecule has 1 amide bonds. The number of nitrogens with one attached hydrogen (secondary N) is 1. The highest BCUT2D eigenvalue weighted by atomic mass is 35.5. The molecule has 0 aliphatic heterocycles. The Balaban J connectivity index is 2.76. The molecule has 0 spiro atoms. The van der Waals surface area contributed by atoms with Crippen molar-refractivity contribution in [1.82, 2.24) is 0 Å². The standard InChI is InChI=1S/C9H10ClNO3S/c1-9(2,8(13)14)7(12)11-6-4-3-5(10)15-6/h3-4H,1-2H3,(H,11,12)(H,13,14). The van der Waals surface area contributed by atoms with Crippen LogP contribution in [0.2, 0.25) is 4.34 Å². The van der Waals surface area contributed by atoms with Crippen molar-refractivity contribution in [3.63, 3.8) is 0 Å². The van der Waals surface area contributed by atoms with Gasteiger partial charge in [0.2, 0.25) is 5.91 Å². The smallest absolute Gasteiger partial charge is 0.318 e. The van der Waals surface area contributed by atoms with E-state index in [1.807, 2.05) is 0 Å².